The number of pyridine rings is 1. The number of piperazine rings is 1. The van der Waals surface area contributed by atoms with Crippen molar-refractivity contribution in [2.24, 2.45) is 0 Å². The summed E-state index contributed by atoms with van der Waals surface area (Å²) >= 11 is 12.4. The molecular formula is C24H31Cl2N5O3. The number of nitrogens with zero attached hydrogens (tertiary/aromatic N) is 4. The van der Waals surface area contributed by atoms with Gasteiger partial charge in [-0.2, -0.15) is 0 Å². The summed E-state index contributed by atoms with van der Waals surface area (Å²) in [5.41, 5.74) is 7.10. The van der Waals surface area contributed by atoms with Gasteiger partial charge in [0.15, 0.2) is 11.6 Å². The van der Waals surface area contributed by atoms with Crippen molar-refractivity contribution in [3.63, 3.8) is 0 Å². The summed E-state index contributed by atoms with van der Waals surface area (Å²) < 4.78 is 11.2. The maximum absolute atomic E-state index is 13.1. The van der Waals surface area contributed by atoms with E-state index in [0.717, 1.165) is 58.9 Å². The molecule has 10 heteroatoms. The lowest BCUT2D eigenvalue weighted by atomic mass is 10.2. The molecule has 1 amide bonds. The highest BCUT2D eigenvalue weighted by Crippen LogP contribution is 2.28. The highest BCUT2D eigenvalue weighted by atomic mass is 35.5. The summed E-state index contributed by atoms with van der Waals surface area (Å²) in [4.78, 5) is 24.0. The molecule has 0 atom stereocenters. The number of aromatic nitrogens is 1. The largest absolute Gasteiger partial charge is 0.485 e. The van der Waals surface area contributed by atoms with Crippen molar-refractivity contribution in [2.45, 2.75) is 13.0 Å². The number of benzene rings is 1. The van der Waals surface area contributed by atoms with Crippen LogP contribution in [0, 0.1) is 0 Å². The maximum Gasteiger partial charge on any atom is 0.255 e. The predicted octanol–water partition coefficient (Wildman–Crippen LogP) is 3.03. The predicted molar refractivity (Wildman–Crippen MR) is 134 cm³/mol. The van der Waals surface area contributed by atoms with Crippen molar-refractivity contribution in [1.82, 2.24) is 19.7 Å². The van der Waals surface area contributed by atoms with Gasteiger partial charge in [-0.05, 0) is 37.7 Å². The second-order valence-electron chi connectivity index (χ2n) is 8.54. The number of morpholine rings is 1. The van der Waals surface area contributed by atoms with Crippen LogP contribution in [0.1, 0.15) is 22.3 Å². The lowest BCUT2D eigenvalue weighted by Crippen LogP contribution is -2.49. The Bertz CT molecular complexity index is 959. The van der Waals surface area contributed by atoms with Gasteiger partial charge in [0, 0.05) is 61.1 Å². The second-order valence-corrected chi connectivity index (χ2v) is 9.35. The third-order valence-corrected chi connectivity index (χ3v) is 6.98. The van der Waals surface area contributed by atoms with Crippen LogP contribution in [0.5, 0.6) is 5.75 Å². The van der Waals surface area contributed by atoms with E-state index in [4.69, 9.17) is 38.4 Å². The van der Waals surface area contributed by atoms with E-state index in [-0.39, 0.29) is 18.3 Å². The highest BCUT2D eigenvalue weighted by Gasteiger charge is 2.23. The number of amides is 1. The summed E-state index contributed by atoms with van der Waals surface area (Å²) in [6.45, 7) is 9.10. The molecule has 2 aliphatic heterocycles. The Balaban J connectivity index is 1.27. The molecule has 0 spiro atoms. The van der Waals surface area contributed by atoms with E-state index in [1.807, 2.05) is 4.90 Å². The fraction of sp³-hybridized carbons (Fsp3) is 0.500. The molecule has 3 heterocycles. The highest BCUT2D eigenvalue weighted by molar-refractivity contribution is 6.35. The first-order valence-corrected chi connectivity index (χ1v) is 12.4. The van der Waals surface area contributed by atoms with Gasteiger partial charge in [-0.1, -0.05) is 29.3 Å². The molecule has 1 aromatic carbocycles. The molecular weight excluding hydrogens is 477 g/mol. The van der Waals surface area contributed by atoms with Crippen molar-refractivity contribution in [2.75, 3.05) is 71.3 Å². The second kappa shape index (κ2) is 12.0. The number of nitrogen functional groups attached to an aromatic ring is 1. The number of carbonyl (C=O) groups is 1. The molecule has 0 radical (unpaired) electrons. The molecule has 0 bridgehead atoms. The molecule has 2 aromatic rings. The van der Waals surface area contributed by atoms with E-state index in [0.29, 0.717) is 40.0 Å². The zero-order valence-corrected chi connectivity index (χ0v) is 20.7. The monoisotopic (exact) mass is 507 g/mol. The number of carbonyl (C=O) groups excluding carboxylic acids is 1. The van der Waals surface area contributed by atoms with Crippen LogP contribution in [0.4, 0.5) is 5.82 Å². The van der Waals surface area contributed by atoms with Crippen molar-refractivity contribution >= 4 is 34.9 Å². The van der Waals surface area contributed by atoms with Gasteiger partial charge in [0.05, 0.1) is 18.8 Å². The summed E-state index contributed by atoms with van der Waals surface area (Å²) in [6.07, 6.45) is 2.63. The van der Waals surface area contributed by atoms with Crippen LogP contribution in [-0.4, -0.2) is 91.2 Å². The molecule has 0 unspecified atom stereocenters. The molecule has 2 saturated heterocycles. The maximum atomic E-state index is 13.1. The Morgan fingerprint density at radius 3 is 2.35 bits per heavy atom. The van der Waals surface area contributed by atoms with E-state index < -0.39 is 0 Å². The zero-order chi connectivity index (χ0) is 23.9. The number of rotatable bonds is 8. The normalized spacial score (nSPS) is 17.6. The van der Waals surface area contributed by atoms with Gasteiger partial charge >= 0.3 is 0 Å². The van der Waals surface area contributed by atoms with Crippen LogP contribution >= 0.6 is 23.2 Å². The Kier molecular flexibility index (Phi) is 8.86. The van der Waals surface area contributed by atoms with E-state index in [1.54, 1.807) is 24.3 Å². The first kappa shape index (κ1) is 25.0. The third-order valence-electron chi connectivity index (χ3n) is 6.27. The molecule has 34 heavy (non-hydrogen) atoms. The average Bonchev–Trinajstić information content (AvgIpc) is 2.85. The van der Waals surface area contributed by atoms with Crippen LogP contribution in [0.15, 0.2) is 30.5 Å². The molecule has 2 aliphatic rings. The zero-order valence-electron chi connectivity index (χ0n) is 19.2. The number of nitrogens with two attached hydrogens (primary N) is 1. The Labute approximate surface area is 210 Å². The van der Waals surface area contributed by atoms with E-state index in [9.17, 15) is 4.79 Å². The Morgan fingerprint density at radius 2 is 1.68 bits per heavy atom. The van der Waals surface area contributed by atoms with Crippen LogP contribution in [0.3, 0.4) is 0 Å². The summed E-state index contributed by atoms with van der Waals surface area (Å²) in [5, 5.41) is 1.02. The molecule has 2 fully saturated rings. The molecule has 0 aliphatic carbocycles. The van der Waals surface area contributed by atoms with Crippen LogP contribution in [-0.2, 0) is 11.3 Å². The van der Waals surface area contributed by atoms with E-state index in [1.165, 1.54) is 6.20 Å². The SMILES string of the molecule is Nc1ncc(C(=O)N2CCN(CCCN3CCOCC3)CC2)cc1OCc1c(Cl)cccc1Cl. The van der Waals surface area contributed by atoms with Gasteiger partial charge in [-0.3, -0.25) is 14.6 Å². The van der Waals surface area contributed by atoms with E-state index >= 15 is 0 Å². The quantitative estimate of drug-likeness (QED) is 0.587. The average molecular weight is 508 g/mol. The lowest BCUT2D eigenvalue weighted by molar-refractivity contribution is 0.0349. The number of halogens is 2. The number of anilines is 1. The third kappa shape index (κ3) is 6.52. The standard InChI is InChI=1S/C24H31Cl2N5O3/c25-20-3-1-4-21(26)19(20)17-34-22-15-18(16-28-23(22)27)24(32)31-9-7-29(8-10-31)5-2-6-30-11-13-33-14-12-30/h1,3-4,15-16H,2,5-14,17H2,(H2,27,28). The minimum atomic E-state index is -0.0684. The van der Waals surface area contributed by atoms with Gasteiger partial charge in [-0.15, -0.1) is 0 Å². The first-order valence-electron chi connectivity index (χ1n) is 11.6. The van der Waals surface area contributed by atoms with Crippen molar-refractivity contribution in [1.29, 1.82) is 0 Å². The number of hydrogen-bond donors (Lipinski definition) is 1. The van der Waals surface area contributed by atoms with Crippen molar-refractivity contribution in [3.05, 3.63) is 51.6 Å². The topological polar surface area (TPSA) is 84.2 Å². The molecule has 4 rings (SSSR count). The first-order chi connectivity index (χ1) is 16.5. The van der Waals surface area contributed by atoms with Gasteiger partial charge in [-0.25, -0.2) is 4.98 Å². The fourth-order valence-electron chi connectivity index (χ4n) is 4.21. The molecule has 2 N–H and O–H groups in total. The van der Waals surface area contributed by atoms with Gasteiger partial charge in [0.2, 0.25) is 0 Å². The van der Waals surface area contributed by atoms with Crippen molar-refractivity contribution in [3.8, 4) is 5.75 Å². The Hall–Kier alpha value is -2.10. The minimum absolute atomic E-state index is 0.0684. The van der Waals surface area contributed by atoms with Gasteiger partial charge in [0.25, 0.3) is 5.91 Å². The fourth-order valence-corrected chi connectivity index (χ4v) is 4.71. The molecule has 0 saturated carbocycles. The number of hydrogen-bond acceptors (Lipinski definition) is 7. The van der Waals surface area contributed by atoms with Crippen molar-refractivity contribution < 1.29 is 14.3 Å². The lowest BCUT2D eigenvalue weighted by Gasteiger charge is -2.35. The molecule has 1 aromatic heterocycles. The summed E-state index contributed by atoms with van der Waals surface area (Å²) in [6, 6.07) is 6.91. The number of ether oxygens (including phenoxy) is 2. The smallest absolute Gasteiger partial charge is 0.255 e. The van der Waals surface area contributed by atoms with Crippen LogP contribution in [0.25, 0.3) is 0 Å². The summed E-state index contributed by atoms with van der Waals surface area (Å²) in [7, 11) is 0. The van der Waals surface area contributed by atoms with Crippen LogP contribution < -0.4 is 10.5 Å². The summed E-state index contributed by atoms with van der Waals surface area (Å²) in [5.74, 6) is 0.481. The van der Waals surface area contributed by atoms with Gasteiger partial charge < -0.3 is 20.1 Å². The molecule has 184 valence electrons. The minimum Gasteiger partial charge on any atom is -0.485 e. The molecule has 8 nitrogen and oxygen atoms in total. The van der Waals surface area contributed by atoms with E-state index in [2.05, 4.69) is 14.8 Å². The van der Waals surface area contributed by atoms with Gasteiger partial charge in [0.1, 0.15) is 6.61 Å². The Morgan fingerprint density at radius 1 is 1.03 bits per heavy atom. The van der Waals surface area contributed by atoms with Crippen LogP contribution in [0.2, 0.25) is 10.0 Å².